The van der Waals surface area contributed by atoms with Gasteiger partial charge in [0.2, 0.25) is 0 Å². The number of rotatable bonds is 5. The number of hydrogen-bond acceptors (Lipinski definition) is 1. The highest BCUT2D eigenvalue weighted by atomic mass is 79.9. The van der Waals surface area contributed by atoms with Crippen molar-refractivity contribution in [2.24, 2.45) is 11.3 Å². The lowest BCUT2D eigenvalue weighted by atomic mass is 9.86. The summed E-state index contributed by atoms with van der Waals surface area (Å²) in [4.78, 5) is 12.3. The lowest BCUT2D eigenvalue weighted by Gasteiger charge is -2.23. The highest BCUT2D eigenvalue weighted by molar-refractivity contribution is 9.11. The smallest absolute Gasteiger partial charge is 0.183 e. The second-order valence-corrected chi connectivity index (χ2v) is 9.10. The first-order valence-electron chi connectivity index (χ1n) is 6.43. The minimum atomic E-state index is 0.236. The zero-order chi connectivity index (χ0) is 14.6. The molecule has 19 heavy (non-hydrogen) atoms. The van der Waals surface area contributed by atoms with Crippen LogP contribution in [0.15, 0.2) is 27.1 Å². The van der Waals surface area contributed by atoms with Gasteiger partial charge in [0.05, 0.1) is 5.56 Å². The Balaban J connectivity index is 2.61. The van der Waals surface area contributed by atoms with Crippen molar-refractivity contribution in [3.05, 3.63) is 32.7 Å². The fraction of sp³-hybridized carbons (Fsp3) is 0.533. The summed E-state index contributed by atoms with van der Waals surface area (Å²) in [6, 6.07) is 5.76. The van der Waals surface area contributed by atoms with Gasteiger partial charge in [0, 0.05) is 8.95 Å². The van der Waals surface area contributed by atoms with E-state index in [1.54, 1.807) is 0 Å². The Kier molecular flexibility index (Phi) is 6.69. The van der Waals surface area contributed by atoms with Crippen molar-refractivity contribution < 1.29 is 4.79 Å². The maximum Gasteiger partial charge on any atom is 0.183 e. The van der Waals surface area contributed by atoms with Gasteiger partial charge in [-0.3, -0.25) is 4.79 Å². The van der Waals surface area contributed by atoms with Crippen LogP contribution in [0.4, 0.5) is 0 Å². The predicted octanol–water partition coefficient (Wildman–Crippen LogP) is 6.10. The van der Waals surface area contributed by atoms with Gasteiger partial charge in [0.1, 0.15) is 0 Å². The molecule has 4 heteroatoms. The van der Waals surface area contributed by atoms with Crippen molar-refractivity contribution in [2.75, 3.05) is 6.16 Å². The van der Waals surface area contributed by atoms with Gasteiger partial charge in [0.15, 0.2) is 5.52 Å². The normalized spacial score (nSPS) is 14.0. The Hall–Kier alpha value is 0.280. The summed E-state index contributed by atoms with van der Waals surface area (Å²) in [5.41, 5.74) is 1.35. The van der Waals surface area contributed by atoms with Gasteiger partial charge in [-0.05, 0) is 76.5 Å². The topological polar surface area (TPSA) is 17.1 Å². The van der Waals surface area contributed by atoms with E-state index in [9.17, 15) is 4.79 Å². The number of halogens is 2. The number of carbonyl (C=O) groups excluding carboxylic acids is 1. The standard InChI is InChI=1S/C15H21Br2OP/c1-10(8-15(2,3)4)9-19-14(18)13-11(16)6-5-7-12(13)17/h5-7,10,19H,8-9H2,1-4H3. The van der Waals surface area contributed by atoms with E-state index >= 15 is 0 Å². The van der Waals surface area contributed by atoms with E-state index in [1.165, 1.54) is 0 Å². The lowest BCUT2D eigenvalue weighted by molar-refractivity contribution is 0.108. The van der Waals surface area contributed by atoms with Gasteiger partial charge in [-0.25, -0.2) is 0 Å². The molecule has 1 nitrogen and oxygen atoms in total. The van der Waals surface area contributed by atoms with Crippen LogP contribution in [0.3, 0.4) is 0 Å². The lowest BCUT2D eigenvalue weighted by Crippen LogP contribution is -2.13. The predicted molar refractivity (Wildman–Crippen MR) is 92.6 cm³/mol. The molecule has 0 bridgehead atoms. The van der Waals surface area contributed by atoms with Crippen molar-refractivity contribution >= 4 is 46.0 Å². The Morgan fingerprint density at radius 3 is 2.26 bits per heavy atom. The summed E-state index contributed by atoms with van der Waals surface area (Å²) in [6.45, 7) is 8.98. The van der Waals surface area contributed by atoms with Crippen LogP contribution in [-0.4, -0.2) is 11.7 Å². The third-order valence-corrected chi connectivity index (χ3v) is 5.56. The van der Waals surface area contributed by atoms with E-state index in [0.29, 0.717) is 19.9 Å². The SMILES string of the molecule is CC(CPC(=O)c1c(Br)cccc1Br)CC(C)(C)C. The second-order valence-electron chi connectivity index (χ2n) is 6.18. The summed E-state index contributed by atoms with van der Waals surface area (Å²) < 4.78 is 1.76. The van der Waals surface area contributed by atoms with Gasteiger partial charge >= 0.3 is 0 Å². The maximum atomic E-state index is 12.3. The molecule has 2 atom stereocenters. The molecule has 0 aromatic heterocycles. The number of carbonyl (C=O) groups is 1. The number of benzene rings is 1. The van der Waals surface area contributed by atoms with E-state index in [4.69, 9.17) is 0 Å². The molecule has 2 unspecified atom stereocenters. The molecular formula is C15H21Br2OP. The molecule has 106 valence electrons. The molecule has 0 saturated carbocycles. The molecular weight excluding hydrogens is 387 g/mol. The summed E-state index contributed by atoms with van der Waals surface area (Å²) in [7, 11) is 0.344. The van der Waals surface area contributed by atoms with E-state index in [2.05, 4.69) is 59.6 Å². The fourth-order valence-electron chi connectivity index (χ4n) is 2.19. The van der Waals surface area contributed by atoms with Gasteiger partial charge in [0.25, 0.3) is 0 Å². The van der Waals surface area contributed by atoms with Crippen LogP contribution in [0, 0.1) is 11.3 Å². The minimum absolute atomic E-state index is 0.236. The van der Waals surface area contributed by atoms with Crippen LogP contribution >= 0.6 is 40.4 Å². The van der Waals surface area contributed by atoms with Crippen LogP contribution in [0.1, 0.15) is 44.5 Å². The zero-order valence-electron chi connectivity index (χ0n) is 11.9. The van der Waals surface area contributed by atoms with E-state index in [1.807, 2.05) is 18.2 Å². The van der Waals surface area contributed by atoms with Crippen LogP contribution in [0.5, 0.6) is 0 Å². The molecule has 1 aromatic carbocycles. The monoisotopic (exact) mass is 406 g/mol. The number of hydrogen-bond donors (Lipinski definition) is 0. The Labute approximate surface area is 135 Å². The molecule has 0 fully saturated rings. The summed E-state index contributed by atoms with van der Waals surface area (Å²) in [5, 5.41) is 0. The van der Waals surface area contributed by atoms with Gasteiger partial charge in [-0.2, -0.15) is 0 Å². The van der Waals surface area contributed by atoms with Crippen LogP contribution in [-0.2, 0) is 0 Å². The average molecular weight is 408 g/mol. The summed E-state index contributed by atoms with van der Waals surface area (Å²) in [5.74, 6) is 0.587. The van der Waals surface area contributed by atoms with E-state index < -0.39 is 0 Å². The maximum absolute atomic E-state index is 12.3. The van der Waals surface area contributed by atoms with E-state index in [-0.39, 0.29) is 5.52 Å². The molecule has 0 aliphatic carbocycles. The van der Waals surface area contributed by atoms with Crippen molar-refractivity contribution in [1.29, 1.82) is 0 Å². The Morgan fingerprint density at radius 2 is 1.79 bits per heavy atom. The van der Waals surface area contributed by atoms with Gasteiger partial charge in [-0.1, -0.05) is 33.8 Å². The average Bonchev–Trinajstić information content (AvgIpc) is 2.23. The first kappa shape index (κ1) is 17.3. The van der Waals surface area contributed by atoms with Gasteiger partial charge in [-0.15, -0.1) is 0 Å². The Morgan fingerprint density at radius 1 is 1.26 bits per heavy atom. The molecule has 0 aliphatic rings. The first-order chi connectivity index (χ1) is 8.70. The van der Waals surface area contributed by atoms with Crippen LogP contribution < -0.4 is 0 Å². The zero-order valence-corrected chi connectivity index (χ0v) is 16.1. The quantitative estimate of drug-likeness (QED) is 0.538. The summed E-state index contributed by atoms with van der Waals surface area (Å²) in [6.07, 6.45) is 2.13. The third kappa shape index (κ3) is 6.06. The van der Waals surface area contributed by atoms with Gasteiger partial charge < -0.3 is 0 Å². The van der Waals surface area contributed by atoms with Crippen molar-refractivity contribution in [3.8, 4) is 0 Å². The van der Waals surface area contributed by atoms with E-state index in [0.717, 1.165) is 27.1 Å². The first-order valence-corrected chi connectivity index (χ1v) is 9.22. The molecule has 0 saturated heterocycles. The second kappa shape index (κ2) is 7.33. The molecule has 0 amide bonds. The summed E-state index contributed by atoms with van der Waals surface area (Å²) >= 11 is 6.91. The molecule has 0 heterocycles. The Bertz CT molecular complexity index is 432. The van der Waals surface area contributed by atoms with Crippen molar-refractivity contribution in [3.63, 3.8) is 0 Å². The largest absolute Gasteiger partial charge is 0.289 e. The highest BCUT2D eigenvalue weighted by Crippen LogP contribution is 2.34. The molecule has 0 radical (unpaired) electrons. The molecule has 0 N–H and O–H groups in total. The molecule has 1 aromatic rings. The molecule has 1 rings (SSSR count). The minimum Gasteiger partial charge on any atom is -0.289 e. The van der Waals surface area contributed by atoms with Crippen LogP contribution in [0.2, 0.25) is 0 Å². The van der Waals surface area contributed by atoms with Crippen molar-refractivity contribution in [1.82, 2.24) is 0 Å². The highest BCUT2D eigenvalue weighted by Gasteiger charge is 2.18. The molecule has 0 aliphatic heterocycles. The third-order valence-electron chi connectivity index (χ3n) is 2.76. The molecule has 0 spiro atoms. The van der Waals surface area contributed by atoms with Crippen molar-refractivity contribution in [2.45, 2.75) is 34.1 Å². The van der Waals surface area contributed by atoms with Crippen LogP contribution in [0.25, 0.3) is 0 Å². The fourth-order valence-corrected chi connectivity index (χ4v) is 5.04.